The van der Waals surface area contributed by atoms with Crippen molar-refractivity contribution in [1.82, 2.24) is 5.32 Å². The first-order chi connectivity index (χ1) is 7.65. The van der Waals surface area contributed by atoms with E-state index in [1.165, 1.54) is 19.3 Å². The molecular formula is C13H21NO2. The lowest BCUT2D eigenvalue weighted by Gasteiger charge is -2.51. The van der Waals surface area contributed by atoms with E-state index in [0.29, 0.717) is 11.3 Å². The summed E-state index contributed by atoms with van der Waals surface area (Å²) in [6.45, 7) is 4.00. The Morgan fingerprint density at radius 3 is 2.50 bits per heavy atom. The van der Waals surface area contributed by atoms with Crippen LogP contribution in [0.3, 0.4) is 0 Å². The van der Waals surface area contributed by atoms with E-state index in [1.807, 2.05) is 0 Å². The zero-order chi connectivity index (χ0) is 11.2. The number of nitrogens with one attached hydrogen (secondary N) is 1. The number of ether oxygens (including phenoxy) is 1. The highest BCUT2D eigenvalue weighted by molar-refractivity contribution is 5.80. The van der Waals surface area contributed by atoms with Gasteiger partial charge in [-0.2, -0.15) is 0 Å². The predicted molar refractivity (Wildman–Crippen MR) is 61.0 cm³/mol. The van der Waals surface area contributed by atoms with E-state index in [-0.39, 0.29) is 11.4 Å². The predicted octanol–water partition coefficient (Wildman–Crippen LogP) is 1.86. The van der Waals surface area contributed by atoms with Crippen LogP contribution in [-0.2, 0) is 9.53 Å². The molecule has 0 aromatic heterocycles. The van der Waals surface area contributed by atoms with Crippen molar-refractivity contribution in [3.8, 4) is 0 Å². The monoisotopic (exact) mass is 223 g/mol. The van der Waals surface area contributed by atoms with Crippen molar-refractivity contribution in [2.45, 2.75) is 51.0 Å². The van der Waals surface area contributed by atoms with Gasteiger partial charge in [0.1, 0.15) is 0 Å². The molecule has 1 atom stereocenters. The lowest BCUT2D eigenvalue weighted by atomic mass is 9.56. The fraction of sp³-hybridized carbons (Fsp3) is 0.923. The topological polar surface area (TPSA) is 38.3 Å². The van der Waals surface area contributed by atoms with Crippen LogP contribution in [0.4, 0.5) is 0 Å². The summed E-state index contributed by atoms with van der Waals surface area (Å²) >= 11 is 0. The molecule has 1 N–H and O–H groups in total. The third-order valence-electron chi connectivity index (χ3n) is 5.17. The molecule has 0 radical (unpaired) electrons. The summed E-state index contributed by atoms with van der Waals surface area (Å²) in [4.78, 5) is 11.8. The maximum atomic E-state index is 11.8. The van der Waals surface area contributed by atoms with Gasteiger partial charge in [-0.1, -0.05) is 13.3 Å². The lowest BCUT2D eigenvalue weighted by Crippen LogP contribution is -2.55. The van der Waals surface area contributed by atoms with Crippen LogP contribution in [0, 0.1) is 11.3 Å². The average Bonchev–Trinajstić information content (AvgIpc) is 2.53. The molecule has 2 aliphatic heterocycles. The Morgan fingerprint density at radius 2 is 1.94 bits per heavy atom. The fourth-order valence-electron chi connectivity index (χ4n) is 4.00. The minimum absolute atomic E-state index is 0.0739. The van der Waals surface area contributed by atoms with E-state index in [1.54, 1.807) is 0 Å². The maximum Gasteiger partial charge on any atom is 0.220 e. The molecule has 2 heterocycles. The zero-order valence-electron chi connectivity index (χ0n) is 10.1. The smallest absolute Gasteiger partial charge is 0.220 e. The zero-order valence-corrected chi connectivity index (χ0v) is 10.1. The molecule has 1 amide bonds. The van der Waals surface area contributed by atoms with Gasteiger partial charge in [0, 0.05) is 25.2 Å². The molecule has 1 spiro atoms. The first-order valence-corrected chi connectivity index (χ1v) is 6.53. The lowest BCUT2D eigenvalue weighted by molar-refractivity contribution is -0.120. The van der Waals surface area contributed by atoms with E-state index in [2.05, 4.69) is 12.2 Å². The van der Waals surface area contributed by atoms with Gasteiger partial charge >= 0.3 is 0 Å². The second kappa shape index (κ2) is 3.46. The van der Waals surface area contributed by atoms with Gasteiger partial charge in [-0.15, -0.1) is 0 Å². The average molecular weight is 223 g/mol. The molecule has 3 aliphatic rings. The number of hydrogen-bond donors (Lipinski definition) is 1. The molecule has 1 saturated carbocycles. The summed E-state index contributed by atoms with van der Waals surface area (Å²) < 4.78 is 5.45. The standard InChI is InChI=1S/C13H21NO2/c1-12(3-2-4-12)10-9-11(15)14-13(10)5-7-16-8-6-13/h10H,2-9H2,1H3,(H,14,15). The summed E-state index contributed by atoms with van der Waals surface area (Å²) in [5, 5.41) is 3.27. The van der Waals surface area contributed by atoms with E-state index < -0.39 is 0 Å². The Balaban J connectivity index is 1.86. The van der Waals surface area contributed by atoms with Crippen LogP contribution >= 0.6 is 0 Å². The van der Waals surface area contributed by atoms with Crippen molar-refractivity contribution in [2.75, 3.05) is 13.2 Å². The molecule has 1 aliphatic carbocycles. The van der Waals surface area contributed by atoms with E-state index >= 15 is 0 Å². The van der Waals surface area contributed by atoms with Gasteiger partial charge in [-0.25, -0.2) is 0 Å². The summed E-state index contributed by atoms with van der Waals surface area (Å²) in [5.41, 5.74) is 0.487. The fourth-order valence-corrected chi connectivity index (χ4v) is 4.00. The normalized spacial score (nSPS) is 35.8. The van der Waals surface area contributed by atoms with Crippen LogP contribution in [0.5, 0.6) is 0 Å². The molecule has 0 bridgehead atoms. The van der Waals surface area contributed by atoms with Crippen LogP contribution in [0.15, 0.2) is 0 Å². The van der Waals surface area contributed by atoms with E-state index in [0.717, 1.165) is 32.5 Å². The molecule has 2 saturated heterocycles. The first kappa shape index (κ1) is 10.6. The molecule has 3 heteroatoms. The molecule has 3 fully saturated rings. The highest BCUT2D eigenvalue weighted by Crippen LogP contribution is 2.55. The van der Waals surface area contributed by atoms with Crippen molar-refractivity contribution in [1.29, 1.82) is 0 Å². The van der Waals surface area contributed by atoms with E-state index in [9.17, 15) is 4.79 Å². The number of carbonyl (C=O) groups excluding carboxylic acids is 1. The molecule has 90 valence electrons. The largest absolute Gasteiger partial charge is 0.381 e. The maximum absolute atomic E-state index is 11.8. The Morgan fingerprint density at radius 1 is 1.25 bits per heavy atom. The van der Waals surface area contributed by atoms with Gasteiger partial charge in [-0.05, 0) is 37.0 Å². The molecule has 3 rings (SSSR count). The molecule has 0 aromatic carbocycles. The molecule has 1 unspecified atom stereocenters. The van der Waals surface area contributed by atoms with Gasteiger partial charge in [0.2, 0.25) is 5.91 Å². The number of amides is 1. The summed E-state index contributed by atoms with van der Waals surface area (Å²) in [6.07, 6.45) is 6.72. The minimum Gasteiger partial charge on any atom is -0.381 e. The van der Waals surface area contributed by atoms with Crippen molar-refractivity contribution < 1.29 is 9.53 Å². The molecule has 3 nitrogen and oxygen atoms in total. The van der Waals surface area contributed by atoms with Gasteiger partial charge in [0.05, 0.1) is 0 Å². The Bertz CT molecular complexity index is 303. The van der Waals surface area contributed by atoms with E-state index in [4.69, 9.17) is 4.74 Å². The highest BCUT2D eigenvalue weighted by atomic mass is 16.5. The third-order valence-corrected chi connectivity index (χ3v) is 5.17. The van der Waals surface area contributed by atoms with Crippen molar-refractivity contribution in [3.63, 3.8) is 0 Å². The van der Waals surface area contributed by atoms with Crippen molar-refractivity contribution in [3.05, 3.63) is 0 Å². The Hall–Kier alpha value is -0.570. The minimum atomic E-state index is 0.0739. The summed E-state index contributed by atoms with van der Waals surface area (Å²) in [5.74, 6) is 0.810. The first-order valence-electron chi connectivity index (χ1n) is 6.53. The third kappa shape index (κ3) is 1.41. The van der Waals surface area contributed by atoms with Crippen LogP contribution in [0.1, 0.15) is 45.4 Å². The van der Waals surface area contributed by atoms with Crippen LogP contribution in [0.25, 0.3) is 0 Å². The van der Waals surface area contributed by atoms with Crippen LogP contribution < -0.4 is 5.32 Å². The number of carbonyl (C=O) groups is 1. The number of hydrogen-bond acceptors (Lipinski definition) is 2. The Kier molecular flexibility index (Phi) is 2.29. The van der Waals surface area contributed by atoms with Crippen molar-refractivity contribution >= 4 is 5.91 Å². The van der Waals surface area contributed by atoms with Gasteiger partial charge in [0.15, 0.2) is 0 Å². The molecular weight excluding hydrogens is 202 g/mol. The SMILES string of the molecule is CC1(C2CC(=O)NC23CCOCC3)CCC1. The Labute approximate surface area is 96.9 Å². The highest BCUT2D eigenvalue weighted by Gasteiger charge is 2.56. The van der Waals surface area contributed by atoms with Gasteiger partial charge in [0.25, 0.3) is 0 Å². The summed E-state index contributed by atoms with van der Waals surface area (Å²) in [7, 11) is 0. The van der Waals surface area contributed by atoms with Crippen molar-refractivity contribution in [2.24, 2.45) is 11.3 Å². The van der Waals surface area contributed by atoms with Crippen LogP contribution in [-0.4, -0.2) is 24.7 Å². The van der Waals surface area contributed by atoms with Gasteiger partial charge < -0.3 is 10.1 Å². The summed E-state index contributed by atoms with van der Waals surface area (Å²) in [6, 6.07) is 0. The second-order valence-corrected chi connectivity index (χ2v) is 6.08. The molecule has 16 heavy (non-hydrogen) atoms. The second-order valence-electron chi connectivity index (χ2n) is 6.08. The van der Waals surface area contributed by atoms with Crippen LogP contribution in [0.2, 0.25) is 0 Å². The van der Waals surface area contributed by atoms with Gasteiger partial charge in [-0.3, -0.25) is 4.79 Å². The molecule has 0 aromatic rings. The quantitative estimate of drug-likeness (QED) is 0.737. The number of rotatable bonds is 1.